The number of nitrogens with one attached hydrogen (secondary N) is 2. The van der Waals surface area contributed by atoms with Gasteiger partial charge in [-0.25, -0.2) is 0 Å². The highest BCUT2D eigenvalue weighted by Gasteiger charge is 2.22. The number of hydrogen-bond donors (Lipinski definition) is 2. The van der Waals surface area contributed by atoms with Gasteiger partial charge in [0, 0.05) is 45.7 Å². The van der Waals surface area contributed by atoms with Crippen molar-refractivity contribution in [3.8, 4) is 0 Å². The van der Waals surface area contributed by atoms with Crippen molar-refractivity contribution in [3.05, 3.63) is 0 Å². The average molecular weight is 282 g/mol. The predicted octanol–water partition coefficient (Wildman–Crippen LogP) is -0.734. The zero-order chi connectivity index (χ0) is 14.4. The van der Waals surface area contributed by atoms with Gasteiger partial charge in [-0.1, -0.05) is 0 Å². The van der Waals surface area contributed by atoms with Crippen LogP contribution in [0.5, 0.6) is 0 Å². The molecule has 1 atom stereocenters. The summed E-state index contributed by atoms with van der Waals surface area (Å²) in [5.74, 6) is 0.311. The topological polar surface area (TPSA) is 64.7 Å². The molecule has 0 saturated carbocycles. The third-order valence-corrected chi connectivity index (χ3v) is 4.16. The van der Waals surface area contributed by atoms with Gasteiger partial charge in [0.2, 0.25) is 11.8 Å². The molecule has 0 aliphatic carbocycles. The molecule has 6 nitrogen and oxygen atoms in total. The number of carbonyl (C=O) groups excluding carboxylic acids is 2. The number of piperazine rings is 1. The molecule has 0 bridgehead atoms. The summed E-state index contributed by atoms with van der Waals surface area (Å²) in [7, 11) is 2.07. The van der Waals surface area contributed by atoms with Gasteiger partial charge in [0.1, 0.15) is 0 Å². The van der Waals surface area contributed by atoms with E-state index in [1.54, 1.807) is 0 Å². The highest BCUT2D eigenvalue weighted by atomic mass is 16.2. The fraction of sp³-hybridized carbons (Fsp3) is 0.857. The summed E-state index contributed by atoms with van der Waals surface area (Å²) < 4.78 is 0. The summed E-state index contributed by atoms with van der Waals surface area (Å²) in [5, 5.41) is 6.12. The summed E-state index contributed by atoms with van der Waals surface area (Å²) in [6.45, 7) is 5.70. The van der Waals surface area contributed by atoms with Gasteiger partial charge in [-0.3, -0.25) is 9.59 Å². The molecule has 2 saturated heterocycles. The van der Waals surface area contributed by atoms with Crippen molar-refractivity contribution < 1.29 is 9.59 Å². The molecule has 0 spiro atoms. The van der Waals surface area contributed by atoms with Gasteiger partial charge in [-0.15, -0.1) is 0 Å². The molecular weight excluding hydrogens is 256 g/mol. The average Bonchev–Trinajstić information content (AvgIpc) is 2.48. The van der Waals surface area contributed by atoms with E-state index in [0.717, 1.165) is 52.1 Å². The second-order valence-electron chi connectivity index (χ2n) is 5.77. The highest BCUT2D eigenvalue weighted by molar-refractivity contribution is 5.80. The summed E-state index contributed by atoms with van der Waals surface area (Å²) in [6, 6.07) is 0. The van der Waals surface area contributed by atoms with E-state index in [4.69, 9.17) is 0 Å². The zero-order valence-corrected chi connectivity index (χ0v) is 12.4. The smallest absolute Gasteiger partial charge is 0.224 e. The Balaban J connectivity index is 1.62. The van der Waals surface area contributed by atoms with Crippen LogP contribution in [0.4, 0.5) is 0 Å². The normalized spacial score (nSPS) is 24.4. The first kappa shape index (κ1) is 15.3. The van der Waals surface area contributed by atoms with E-state index in [9.17, 15) is 9.59 Å². The van der Waals surface area contributed by atoms with E-state index in [-0.39, 0.29) is 17.7 Å². The molecule has 2 N–H and O–H groups in total. The first-order valence-corrected chi connectivity index (χ1v) is 7.61. The monoisotopic (exact) mass is 282 g/mol. The maximum absolute atomic E-state index is 12.0. The standard InChI is InChI=1S/C14H26N4O2/c1-17-7-9-18(10-8-17)13(19)4-6-16-14(20)12-3-2-5-15-11-12/h12,15H,2-11H2,1H3,(H,16,20). The number of nitrogens with zero attached hydrogens (tertiary/aromatic N) is 2. The lowest BCUT2D eigenvalue weighted by Crippen LogP contribution is -2.48. The van der Waals surface area contributed by atoms with E-state index in [2.05, 4.69) is 22.6 Å². The first-order chi connectivity index (χ1) is 9.66. The lowest BCUT2D eigenvalue weighted by Gasteiger charge is -2.32. The van der Waals surface area contributed by atoms with Gasteiger partial charge in [0.15, 0.2) is 0 Å². The minimum atomic E-state index is 0.0717. The third-order valence-electron chi connectivity index (χ3n) is 4.16. The number of hydrogen-bond acceptors (Lipinski definition) is 4. The molecule has 2 fully saturated rings. The van der Waals surface area contributed by atoms with Crippen molar-refractivity contribution in [1.29, 1.82) is 0 Å². The molecule has 2 rings (SSSR count). The third kappa shape index (κ3) is 4.45. The molecule has 114 valence electrons. The highest BCUT2D eigenvalue weighted by Crippen LogP contribution is 2.09. The Morgan fingerprint density at radius 2 is 2.00 bits per heavy atom. The van der Waals surface area contributed by atoms with Crippen LogP contribution in [0.15, 0.2) is 0 Å². The first-order valence-electron chi connectivity index (χ1n) is 7.61. The van der Waals surface area contributed by atoms with Crippen LogP contribution in [0.2, 0.25) is 0 Å². The Bertz CT molecular complexity index is 334. The van der Waals surface area contributed by atoms with Crippen molar-refractivity contribution in [2.75, 3.05) is 52.9 Å². The number of likely N-dealkylation sites (N-methyl/N-ethyl adjacent to an activating group) is 1. The molecule has 2 amide bonds. The SMILES string of the molecule is CN1CCN(C(=O)CCNC(=O)C2CCCNC2)CC1. The van der Waals surface area contributed by atoms with Gasteiger partial charge < -0.3 is 20.4 Å². The summed E-state index contributed by atoms with van der Waals surface area (Å²) in [6.07, 6.45) is 2.42. The Hall–Kier alpha value is -1.14. The van der Waals surface area contributed by atoms with Crippen LogP contribution < -0.4 is 10.6 Å². The molecule has 1 unspecified atom stereocenters. The quantitative estimate of drug-likeness (QED) is 0.713. The minimum absolute atomic E-state index is 0.0717. The second-order valence-corrected chi connectivity index (χ2v) is 5.77. The van der Waals surface area contributed by atoms with Gasteiger partial charge >= 0.3 is 0 Å². The van der Waals surface area contributed by atoms with Crippen molar-refractivity contribution in [2.24, 2.45) is 5.92 Å². The maximum Gasteiger partial charge on any atom is 0.224 e. The number of carbonyl (C=O) groups is 2. The Labute approximate surface area is 120 Å². The second kappa shape index (κ2) is 7.59. The van der Waals surface area contributed by atoms with Crippen LogP contribution in [-0.2, 0) is 9.59 Å². The Kier molecular flexibility index (Phi) is 5.79. The fourth-order valence-corrected chi connectivity index (χ4v) is 2.73. The largest absolute Gasteiger partial charge is 0.355 e. The zero-order valence-electron chi connectivity index (χ0n) is 12.4. The van der Waals surface area contributed by atoms with E-state index < -0.39 is 0 Å². The molecular formula is C14H26N4O2. The van der Waals surface area contributed by atoms with Gasteiger partial charge in [0.25, 0.3) is 0 Å². The van der Waals surface area contributed by atoms with Crippen LogP contribution in [0.3, 0.4) is 0 Å². The van der Waals surface area contributed by atoms with Crippen LogP contribution in [0.1, 0.15) is 19.3 Å². The lowest BCUT2D eigenvalue weighted by atomic mass is 9.99. The molecule has 0 aromatic carbocycles. The van der Waals surface area contributed by atoms with E-state index in [1.807, 2.05) is 4.90 Å². The summed E-state index contributed by atoms with van der Waals surface area (Å²) in [4.78, 5) is 28.0. The van der Waals surface area contributed by atoms with E-state index >= 15 is 0 Å². The van der Waals surface area contributed by atoms with Crippen molar-refractivity contribution >= 4 is 11.8 Å². The van der Waals surface area contributed by atoms with Crippen molar-refractivity contribution in [3.63, 3.8) is 0 Å². The molecule has 0 aromatic rings. The van der Waals surface area contributed by atoms with Crippen LogP contribution in [0.25, 0.3) is 0 Å². The summed E-state index contributed by atoms with van der Waals surface area (Å²) >= 11 is 0. The van der Waals surface area contributed by atoms with Gasteiger partial charge in [-0.2, -0.15) is 0 Å². The predicted molar refractivity (Wildman–Crippen MR) is 77.3 cm³/mol. The maximum atomic E-state index is 12.0. The molecule has 20 heavy (non-hydrogen) atoms. The number of amides is 2. The summed E-state index contributed by atoms with van der Waals surface area (Å²) in [5.41, 5.74) is 0. The number of rotatable bonds is 4. The Morgan fingerprint density at radius 1 is 1.25 bits per heavy atom. The van der Waals surface area contributed by atoms with Crippen molar-refractivity contribution in [1.82, 2.24) is 20.4 Å². The van der Waals surface area contributed by atoms with Crippen LogP contribution in [0, 0.1) is 5.92 Å². The number of piperidine rings is 1. The molecule has 0 radical (unpaired) electrons. The van der Waals surface area contributed by atoms with E-state index in [1.165, 1.54) is 0 Å². The van der Waals surface area contributed by atoms with Crippen molar-refractivity contribution in [2.45, 2.75) is 19.3 Å². The molecule has 2 heterocycles. The molecule has 6 heteroatoms. The van der Waals surface area contributed by atoms with Gasteiger partial charge in [-0.05, 0) is 26.4 Å². The van der Waals surface area contributed by atoms with Gasteiger partial charge in [0.05, 0.1) is 5.92 Å². The van der Waals surface area contributed by atoms with E-state index in [0.29, 0.717) is 13.0 Å². The molecule has 0 aromatic heterocycles. The Morgan fingerprint density at radius 3 is 2.65 bits per heavy atom. The molecule has 2 aliphatic rings. The minimum Gasteiger partial charge on any atom is -0.355 e. The van der Waals surface area contributed by atoms with Crippen LogP contribution in [-0.4, -0.2) is 74.5 Å². The van der Waals surface area contributed by atoms with Crippen LogP contribution >= 0.6 is 0 Å². The fourth-order valence-electron chi connectivity index (χ4n) is 2.73. The lowest BCUT2D eigenvalue weighted by molar-refractivity contribution is -0.132. The molecule has 2 aliphatic heterocycles.